The number of fused-ring (bicyclic) bond motifs is 6. The minimum atomic E-state index is 1.18. The Hall–Kier alpha value is -3.76. The van der Waals surface area contributed by atoms with Gasteiger partial charge in [0.15, 0.2) is 0 Å². The summed E-state index contributed by atoms with van der Waals surface area (Å²) in [5.74, 6) is 0. The molecule has 0 bridgehead atoms. The number of rotatable bonds is 1. The van der Waals surface area contributed by atoms with Crippen LogP contribution in [0.15, 0.2) is 83.7 Å². The average Bonchev–Trinajstić information content (AvgIpc) is 3.55. The summed E-state index contributed by atoms with van der Waals surface area (Å²) in [6.07, 6.45) is 2.21. The zero-order valence-electron chi connectivity index (χ0n) is 16.8. The van der Waals surface area contributed by atoms with Crippen molar-refractivity contribution < 1.29 is 0 Å². The predicted octanol–water partition coefficient (Wildman–Crippen LogP) is 7.33. The van der Waals surface area contributed by atoms with Crippen molar-refractivity contribution >= 4 is 71.4 Å². The Morgan fingerprint density at radius 3 is 2.42 bits per heavy atom. The molecule has 3 aromatic carbocycles. The lowest BCUT2D eigenvalue weighted by atomic mass is 10.1. The van der Waals surface area contributed by atoms with Gasteiger partial charge in [0.05, 0.1) is 16.6 Å². The molecule has 0 aliphatic heterocycles. The molecule has 0 unspecified atom stereocenters. The summed E-state index contributed by atoms with van der Waals surface area (Å²) >= 11 is 1.78. The van der Waals surface area contributed by atoms with Crippen LogP contribution < -0.4 is 0 Å². The molecule has 0 saturated heterocycles. The molecule has 0 spiro atoms. The molecule has 0 saturated carbocycles. The van der Waals surface area contributed by atoms with Crippen LogP contribution in [0, 0.1) is 0 Å². The third-order valence-corrected chi connectivity index (χ3v) is 7.69. The summed E-state index contributed by atoms with van der Waals surface area (Å²) < 4.78 is 7.18. The number of thiophene rings is 1. The second-order valence-electron chi connectivity index (χ2n) is 8.38. The zero-order chi connectivity index (χ0) is 20.3. The van der Waals surface area contributed by atoms with E-state index in [1.165, 1.54) is 65.7 Å². The van der Waals surface area contributed by atoms with Crippen molar-refractivity contribution in [1.29, 1.82) is 0 Å². The van der Waals surface area contributed by atoms with Gasteiger partial charge in [0, 0.05) is 62.1 Å². The van der Waals surface area contributed by atoms with Crippen LogP contribution in [0.3, 0.4) is 0 Å². The molecule has 31 heavy (non-hydrogen) atoms. The van der Waals surface area contributed by atoms with Crippen LogP contribution in [-0.4, -0.2) is 13.5 Å². The molecule has 0 aliphatic carbocycles. The highest BCUT2D eigenvalue weighted by Gasteiger charge is 2.23. The van der Waals surface area contributed by atoms with E-state index in [0.29, 0.717) is 0 Å². The van der Waals surface area contributed by atoms with Crippen LogP contribution in [0.1, 0.15) is 0 Å². The molecule has 4 heteroatoms. The van der Waals surface area contributed by atoms with E-state index in [9.17, 15) is 0 Å². The van der Waals surface area contributed by atoms with Crippen LogP contribution in [0.25, 0.3) is 65.7 Å². The maximum Gasteiger partial charge on any atom is 0.130 e. The van der Waals surface area contributed by atoms with Gasteiger partial charge in [-0.25, -0.2) is 0 Å². The largest absolute Gasteiger partial charge is 0.344 e. The summed E-state index contributed by atoms with van der Waals surface area (Å²) in [6.45, 7) is 0. The van der Waals surface area contributed by atoms with Crippen molar-refractivity contribution in [2.45, 2.75) is 0 Å². The number of aromatic nitrogens is 3. The van der Waals surface area contributed by atoms with E-state index in [1.54, 1.807) is 11.3 Å². The van der Waals surface area contributed by atoms with Crippen molar-refractivity contribution in [2.75, 3.05) is 0 Å². The Balaban J connectivity index is 1.80. The highest BCUT2D eigenvalue weighted by molar-refractivity contribution is 7.09. The minimum Gasteiger partial charge on any atom is -0.344 e. The molecule has 5 aromatic heterocycles. The van der Waals surface area contributed by atoms with Gasteiger partial charge in [-0.1, -0.05) is 36.4 Å². The number of hydrogen-bond acceptors (Lipinski definition) is 1. The van der Waals surface area contributed by atoms with E-state index < -0.39 is 0 Å². The normalized spacial score (nSPS) is 12.7. The SMILES string of the molecule is Cn1c2cccc3c4cscc4n4c5c(ccc1c5c32)c1ccn(-c2ccccc2)c14. The van der Waals surface area contributed by atoms with E-state index in [2.05, 4.69) is 104 Å². The third-order valence-electron chi connectivity index (χ3n) is 6.96. The molecule has 0 aliphatic rings. The van der Waals surface area contributed by atoms with Crippen LogP contribution in [-0.2, 0) is 7.05 Å². The molecule has 8 rings (SSSR count). The Labute approximate surface area is 181 Å². The van der Waals surface area contributed by atoms with Gasteiger partial charge >= 0.3 is 0 Å². The Morgan fingerprint density at radius 2 is 1.52 bits per heavy atom. The Bertz CT molecular complexity index is 1940. The lowest BCUT2D eigenvalue weighted by molar-refractivity contribution is 1.01. The molecular weight excluding hydrogens is 398 g/mol. The number of benzene rings is 3. The van der Waals surface area contributed by atoms with Gasteiger partial charge in [-0.05, 0) is 35.7 Å². The Kier molecular flexibility index (Phi) is 2.73. The van der Waals surface area contributed by atoms with Crippen LogP contribution >= 0.6 is 11.3 Å². The van der Waals surface area contributed by atoms with Gasteiger partial charge in [0.2, 0.25) is 0 Å². The lowest BCUT2D eigenvalue weighted by Crippen LogP contribution is -1.95. The molecule has 3 nitrogen and oxygen atoms in total. The average molecular weight is 416 g/mol. The van der Waals surface area contributed by atoms with Crippen LogP contribution in [0.2, 0.25) is 0 Å². The van der Waals surface area contributed by atoms with Crippen molar-refractivity contribution in [3.8, 4) is 5.69 Å². The van der Waals surface area contributed by atoms with Gasteiger partial charge in [0.25, 0.3) is 0 Å². The predicted molar refractivity (Wildman–Crippen MR) is 132 cm³/mol. The van der Waals surface area contributed by atoms with E-state index >= 15 is 0 Å². The maximum absolute atomic E-state index is 2.51. The van der Waals surface area contributed by atoms with Crippen molar-refractivity contribution in [3.63, 3.8) is 0 Å². The molecule has 0 N–H and O–H groups in total. The van der Waals surface area contributed by atoms with E-state index in [4.69, 9.17) is 0 Å². The molecule has 5 heterocycles. The van der Waals surface area contributed by atoms with Crippen molar-refractivity contribution in [2.24, 2.45) is 7.05 Å². The lowest BCUT2D eigenvalue weighted by Gasteiger charge is -2.06. The maximum atomic E-state index is 2.51. The third kappa shape index (κ3) is 1.74. The van der Waals surface area contributed by atoms with Gasteiger partial charge in [-0.2, -0.15) is 0 Å². The number of aryl methyl sites for hydroxylation is 1. The van der Waals surface area contributed by atoms with Crippen LogP contribution in [0.5, 0.6) is 0 Å². The summed E-state index contributed by atoms with van der Waals surface area (Å²) in [5, 5.41) is 12.6. The standard InChI is InChI=1S/C27H17N3S/c1-28-21-9-5-8-17-20-14-31-15-23(20)30-26-18(10-11-22(28)25(26)24(17)21)19-12-13-29(27(19)30)16-6-3-2-4-7-16/h2-15H,1H3. The molecule has 0 fully saturated rings. The first-order valence-electron chi connectivity index (χ1n) is 10.5. The molecule has 0 amide bonds. The smallest absolute Gasteiger partial charge is 0.130 e. The van der Waals surface area contributed by atoms with Gasteiger partial charge in [-0.15, -0.1) is 11.3 Å². The fourth-order valence-corrected chi connectivity index (χ4v) is 6.47. The topological polar surface area (TPSA) is 14.3 Å². The fourth-order valence-electron chi connectivity index (χ4n) is 5.66. The van der Waals surface area contributed by atoms with E-state index in [0.717, 1.165) is 0 Å². The molecule has 8 aromatic rings. The fraction of sp³-hybridized carbons (Fsp3) is 0.0370. The number of para-hydroxylation sites is 1. The summed E-state index contributed by atoms with van der Waals surface area (Å²) in [5.41, 5.74) is 7.60. The first kappa shape index (κ1) is 16.0. The van der Waals surface area contributed by atoms with Crippen molar-refractivity contribution in [1.82, 2.24) is 13.5 Å². The monoisotopic (exact) mass is 415 g/mol. The summed E-state index contributed by atoms with van der Waals surface area (Å²) in [6, 6.07) is 24.3. The first-order valence-corrected chi connectivity index (χ1v) is 11.4. The summed E-state index contributed by atoms with van der Waals surface area (Å²) in [7, 11) is 2.19. The molecule has 0 radical (unpaired) electrons. The van der Waals surface area contributed by atoms with Gasteiger partial charge in [-0.3, -0.25) is 4.40 Å². The molecular formula is C27H17N3S. The molecule has 0 atom stereocenters. The highest BCUT2D eigenvalue weighted by Crippen LogP contribution is 2.44. The van der Waals surface area contributed by atoms with E-state index in [1.807, 2.05) is 0 Å². The van der Waals surface area contributed by atoms with E-state index in [-0.39, 0.29) is 0 Å². The minimum absolute atomic E-state index is 1.18. The number of hydrogen-bond donors (Lipinski definition) is 0. The zero-order valence-corrected chi connectivity index (χ0v) is 17.6. The summed E-state index contributed by atoms with van der Waals surface area (Å²) in [4.78, 5) is 0. The van der Waals surface area contributed by atoms with Crippen LogP contribution in [0.4, 0.5) is 0 Å². The second-order valence-corrected chi connectivity index (χ2v) is 9.12. The first-order chi connectivity index (χ1) is 15.3. The quantitative estimate of drug-likeness (QED) is 0.266. The number of nitrogens with zero attached hydrogens (tertiary/aromatic N) is 3. The highest BCUT2D eigenvalue weighted by atomic mass is 32.1. The Morgan fingerprint density at radius 1 is 0.645 bits per heavy atom. The second kappa shape index (κ2) is 5.29. The van der Waals surface area contributed by atoms with Crippen molar-refractivity contribution in [3.05, 3.63) is 83.7 Å². The van der Waals surface area contributed by atoms with Gasteiger partial charge in [0.1, 0.15) is 5.65 Å². The van der Waals surface area contributed by atoms with Gasteiger partial charge < -0.3 is 9.13 Å². The molecule has 146 valence electrons.